The van der Waals surface area contributed by atoms with Crippen molar-refractivity contribution >= 4 is 28.4 Å². The molecule has 148 valence electrons. The van der Waals surface area contributed by atoms with E-state index in [0.29, 0.717) is 17.7 Å². The van der Waals surface area contributed by atoms with Crippen molar-refractivity contribution in [1.82, 2.24) is 9.88 Å². The average molecular weight is 389 g/mol. The lowest BCUT2D eigenvalue weighted by Crippen LogP contribution is -2.31. The minimum absolute atomic E-state index is 0.141. The minimum Gasteiger partial charge on any atom is -0.497 e. The van der Waals surface area contributed by atoms with E-state index in [1.807, 2.05) is 24.3 Å². The van der Waals surface area contributed by atoms with Crippen molar-refractivity contribution in [2.24, 2.45) is 0 Å². The largest absolute Gasteiger partial charge is 0.497 e. The zero-order valence-corrected chi connectivity index (χ0v) is 16.5. The fourth-order valence-electron chi connectivity index (χ4n) is 3.73. The van der Waals surface area contributed by atoms with Crippen molar-refractivity contribution in [3.8, 4) is 5.75 Å². The lowest BCUT2D eigenvalue weighted by Gasteiger charge is -2.19. The number of nitrogens with zero attached hydrogens (tertiary/aromatic N) is 2. The molecule has 0 saturated heterocycles. The van der Waals surface area contributed by atoms with Gasteiger partial charge in [-0.1, -0.05) is 18.2 Å². The molecule has 1 aromatic heterocycles. The van der Waals surface area contributed by atoms with Gasteiger partial charge in [-0.3, -0.25) is 19.5 Å². The first-order valence-electron chi connectivity index (χ1n) is 9.73. The predicted molar refractivity (Wildman–Crippen MR) is 112 cm³/mol. The van der Waals surface area contributed by atoms with Crippen LogP contribution in [-0.4, -0.2) is 41.4 Å². The molecule has 3 aromatic rings. The van der Waals surface area contributed by atoms with Gasteiger partial charge in [-0.2, -0.15) is 0 Å². The zero-order chi connectivity index (χ0) is 20.4. The van der Waals surface area contributed by atoms with Crippen molar-refractivity contribution in [3.63, 3.8) is 0 Å². The van der Waals surface area contributed by atoms with Crippen LogP contribution in [0.2, 0.25) is 0 Å². The van der Waals surface area contributed by atoms with Crippen LogP contribution in [0.4, 0.5) is 5.69 Å². The Kier molecular flexibility index (Phi) is 5.16. The van der Waals surface area contributed by atoms with E-state index in [-0.39, 0.29) is 17.9 Å². The van der Waals surface area contributed by atoms with E-state index in [4.69, 9.17) is 4.74 Å². The van der Waals surface area contributed by atoms with Crippen molar-refractivity contribution in [1.29, 1.82) is 0 Å². The molecule has 0 spiro atoms. The summed E-state index contributed by atoms with van der Waals surface area (Å²) in [7, 11) is 1.65. The van der Waals surface area contributed by atoms with Crippen LogP contribution in [0.15, 0.2) is 54.7 Å². The fourth-order valence-corrected chi connectivity index (χ4v) is 3.73. The molecule has 6 nitrogen and oxygen atoms in total. The van der Waals surface area contributed by atoms with E-state index in [2.05, 4.69) is 17.2 Å². The number of aromatic nitrogens is 1. The monoisotopic (exact) mass is 389 g/mol. The lowest BCUT2D eigenvalue weighted by atomic mass is 10.1. The molecule has 4 rings (SSSR count). The molecule has 2 aromatic carbocycles. The molecule has 6 heteroatoms. The molecule has 1 aliphatic rings. The lowest BCUT2D eigenvalue weighted by molar-refractivity contribution is 0.0651. The summed E-state index contributed by atoms with van der Waals surface area (Å²) in [6.07, 6.45) is 3.29. The van der Waals surface area contributed by atoms with Crippen LogP contribution in [0.1, 0.15) is 40.5 Å². The molecule has 2 heterocycles. The summed E-state index contributed by atoms with van der Waals surface area (Å²) in [5, 5.41) is 4.50. The van der Waals surface area contributed by atoms with Gasteiger partial charge in [-0.25, -0.2) is 0 Å². The first-order chi connectivity index (χ1) is 14.1. The number of methoxy groups -OCH3 is 1. The number of fused-ring (bicyclic) bond motifs is 2. The summed E-state index contributed by atoms with van der Waals surface area (Å²) >= 11 is 0. The molecule has 0 fully saturated rings. The van der Waals surface area contributed by atoms with E-state index in [1.165, 1.54) is 4.90 Å². The number of nitrogens with one attached hydrogen (secondary N) is 1. The standard InChI is InChI=1S/C23H23N3O3/c1-15(25-20-14-17(29-2)13-16-8-5-11-24-21(16)20)7-6-12-26-22(27)18-9-3-4-10-19(18)23(26)28/h3-5,8-11,13-15,25H,6-7,12H2,1-2H3. The first-order valence-corrected chi connectivity index (χ1v) is 9.73. The molecule has 0 bridgehead atoms. The minimum atomic E-state index is -0.200. The normalized spacial score (nSPS) is 14.2. The molecule has 29 heavy (non-hydrogen) atoms. The first kappa shape index (κ1) is 18.9. The molecular formula is C23H23N3O3. The van der Waals surface area contributed by atoms with E-state index < -0.39 is 0 Å². The van der Waals surface area contributed by atoms with Gasteiger partial charge in [-0.15, -0.1) is 0 Å². The number of hydrogen-bond acceptors (Lipinski definition) is 5. The van der Waals surface area contributed by atoms with Crippen LogP contribution in [0.25, 0.3) is 10.9 Å². The highest BCUT2D eigenvalue weighted by atomic mass is 16.5. The number of ether oxygens (including phenoxy) is 1. The van der Waals surface area contributed by atoms with Crippen molar-refractivity contribution in [2.75, 3.05) is 19.0 Å². The summed E-state index contributed by atoms with van der Waals surface area (Å²) in [6.45, 7) is 2.49. The van der Waals surface area contributed by atoms with Gasteiger partial charge >= 0.3 is 0 Å². The van der Waals surface area contributed by atoms with Gasteiger partial charge in [0.1, 0.15) is 5.75 Å². The number of carbonyl (C=O) groups excluding carboxylic acids is 2. The van der Waals surface area contributed by atoms with Crippen LogP contribution in [0, 0.1) is 0 Å². The molecule has 1 N–H and O–H groups in total. The van der Waals surface area contributed by atoms with Gasteiger partial charge in [-0.05, 0) is 44.0 Å². The molecular weight excluding hydrogens is 366 g/mol. The number of hydrogen-bond donors (Lipinski definition) is 1. The highest BCUT2D eigenvalue weighted by molar-refractivity contribution is 6.21. The van der Waals surface area contributed by atoms with E-state index in [9.17, 15) is 9.59 Å². The van der Waals surface area contributed by atoms with Crippen molar-refractivity contribution < 1.29 is 14.3 Å². The van der Waals surface area contributed by atoms with Gasteiger partial charge in [0, 0.05) is 30.2 Å². The maximum Gasteiger partial charge on any atom is 0.261 e. The Balaban J connectivity index is 1.39. The quantitative estimate of drug-likeness (QED) is 0.616. The Labute approximate surface area is 169 Å². The number of benzene rings is 2. The van der Waals surface area contributed by atoms with E-state index in [1.54, 1.807) is 37.6 Å². The summed E-state index contributed by atoms with van der Waals surface area (Å²) in [4.78, 5) is 30.7. The number of carbonyl (C=O) groups is 2. The van der Waals surface area contributed by atoms with Crippen LogP contribution >= 0.6 is 0 Å². The zero-order valence-electron chi connectivity index (χ0n) is 16.5. The highest BCUT2D eigenvalue weighted by Gasteiger charge is 2.34. The molecule has 2 amide bonds. The van der Waals surface area contributed by atoms with Gasteiger partial charge in [0.15, 0.2) is 0 Å². The molecule has 0 aliphatic carbocycles. The summed E-state index contributed by atoms with van der Waals surface area (Å²) < 4.78 is 5.40. The van der Waals surface area contributed by atoms with Gasteiger partial charge in [0.05, 0.1) is 29.4 Å². The topological polar surface area (TPSA) is 71.5 Å². The third kappa shape index (κ3) is 3.66. The number of imide groups is 1. The second-order valence-corrected chi connectivity index (χ2v) is 7.25. The Morgan fingerprint density at radius 1 is 1.07 bits per heavy atom. The van der Waals surface area contributed by atoms with Crippen LogP contribution in [-0.2, 0) is 0 Å². The van der Waals surface area contributed by atoms with Crippen molar-refractivity contribution in [2.45, 2.75) is 25.8 Å². The van der Waals surface area contributed by atoms with Crippen LogP contribution in [0.3, 0.4) is 0 Å². The molecule has 1 atom stereocenters. The Morgan fingerprint density at radius 3 is 2.48 bits per heavy atom. The predicted octanol–water partition coefficient (Wildman–Crippen LogP) is 4.12. The Hall–Kier alpha value is -3.41. The average Bonchev–Trinajstić information content (AvgIpc) is 2.98. The molecule has 1 aliphatic heterocycles. The third-order valence-corrected chi connectivity index (χ3v) is 5.21. The number of rotatable bonds is 7. The second kappa shape index (κ2) is 7.91. The van der Waals surface area contributed by atoms with Gasteiger partial charge in [0.25, 0.3) is 11.8 Å². The van der Waals surface area contributed by atoms with E-state index in [0.717, 1.165) is 35.2 Å². The number of anilines is 1. The number of pyridine rings is 1. The summed E-state index contributed by atoms with van der Waals surface area (Å²) in [5.74, 6) is 0.370. The Bertz CT molecular complexity index is 1040. The smallest absolute Gasteiger partial charge is 0.261 e. The molecule has 0 radical (unpaired) electrons. The third-order valence-electron chi connectivity index (χ3n) is 5.21. The molecule has 0 saturated carbocycles. The SMILES string of the molecule is COc1cc(NC(C)CCCN2C(=O)c3ccccc3C2=O)c2ncccc2c1. The van der Waals surface area contributed by atoms with Gasteiger partial charge in [0.2, 0.25) is 0 Å². The molecule has 1 unspecified atom stereocenters. The Morgan fingerprint density at radius 2 is 1.79 bits per heavy atom. The van der Waals surface area contributed by atoms with Gasteiger partial charge < -0.3 is 10.1 Å². The summed E-state index contributed by atoms with van der Waals surface area (Å²) in [6, 6.07) is 14.9. The van der Waals surface area contributed by atoms with Crippen LogP contribution in [0.5, 0.6) is 5.75 Å². The van der Waals surface area contributed by atoms with Crippen LogP contribution < -0.4 is 10.1 Å². The maximum absolute atomic E-state index is 12.5. The van der Waals surface area contributed by atoms with E-state index >= 15 is 0 Å². The maximum atomic E-state index is 12.5. The highest BCUT2D eigenvalue weighted by Crippen LogP contribution is 2.29. The number of amides is 2. The second-order valence-electron chi connectivity index (χ2n) is 7.25. The summed E-state index contributed by atoms with van der Waals surface area (Å²) in [5.41, 5.74) is 2.80. The fraction of sp³-hybridized carbons (Fsp3) is 0.261. The van der Waals surface area contributed by atoms with Crippen molar-refractivity contribution in [3.05, 3.63) is 65.9 Å².